The summed E-state index contributed by atoms with van der Waals surface area (Å²) in [5, 5.41) is 0.543. The zero-order chi connectivity index (χ0) is 15.8. The van der Waals surface area contributed by atoms with Gasteiger partial charge in [-0.2, -0.15) is 0 Å². The van der Waals surface area contributed by atoms with Crippen molar-refractivity contribution in [2.24, 2.45) is 0 Å². The maximum atomic E-state index is 13.6. The van der Waals surface area contributed by atoms with E-state index in [1.165, 1.54) is 6.07 Å². The van der Waals surface area contributed by atoms with Gasteiger partial charge in [0, 0.05) is 18.5 Å². The average molecular weight is 310 g/mol. The Morgan fingerprint density at radius 3 is 2.96 bits per heavy atom. The van der Waals surface area contributed by atoms with E-state index in [0.717, 1.165) is 25.2 Å². The van der Waals surface area contributed by atoms with Crippen LogP contribution >= 0.6 is 0 Å². The molecule has 116 valence electrons. The molecular formula is C18H15FN2O2. The van der Waals surface area contributed by atoms with Crippen LogP contribution in [-0.4, -0.2) is 9.55 Å². The third kappa shape index (κ3) is 2.48. The summed E-state index contributed by atoms with van der Waals surface area (Å²) in [5.41, 5.74) is 1.14. The third-order valence-electron chi connectivity index (χ3n) is 4.14. The first kappa shape index (κ1) is 13.9. The van der Waals surface area contributed by atoms with Crippen LogP contribution in [0.25, 0.3) is 10.9 Å². The second kappa shape index (κ2) is 5.50. The van der Waals surface area contributed by atoms with E-state index in [-0.39, 0.29) is 18.0 Å². The van der Waals surface area contributed by atoms with Gasteiger partial charge in [-0.25, -0.2) is 9.37 Å². The van der Waals surface area contributed by atoms with Gasteiger partial charge in [0.1, 0.15) is 24.0 Å². The number of benzene rings is 2. The van der Waals surface area contributed by atoms with Gasteiger partial charge >= 0.3 is 0 Å². The van der Waals surface area contributed by atoms with Gasteiger partial charge in [-0.3, -0.25) is 9.36 Å². The van der Waals surface area contributed by atoms with Crippen LogP contribution in [0.3, 0.4) is 0 Å². The lowest BCUT2D eigenvalue weighted by Gasteiger charge is -2.09. The van der Waals surface area contributed by atoms with Gasteiger partial charge in [-0.05, 0) is 30.7 Å². The predicted octanol–water partition coefficient (Wildman–Crippen LogP) is 3.06. The molecule has 0 bridgehead atoms. The monoisotopic (exact) mass is 310 g/mol. The molecule has 0 saturated heterocycles. The van der Waals surface area contributed by atoms with Gasteiger partial charge in [0.05, 0.1) is 10.9 Å². The van der Waals surface area contributed by atoms with Crippen LogP contribution in [0.4, 0.5) is 4.39 Å². The molecule has 5 heteroatoms. The fourth-order valence-electron chi connectivity index (χ4n) is 2.93. The minimum absolute atomic E-state index is 0.0289. The standard InChI is InChI=1S/C18H15FN2O2/c19-15-5-2-1-4-12(15)11-23-13-7-8-16-14(10-13)18(22)21-9-3-6-17(21)20-16/h1-2,4-5,7-8,10H,3,6,9,11H2. The first-order valence-corrected chi connectivity index (χ1v) is 7.62. The molecule has 0 N–H and O–H groups in total. The third-order valence-corrected chi connectivity index (χ3v) is 4.14. The predicted molar refractivity (Wildman–Crippen MR) is 85.1 cm³/mol. The maximum absolute atomic E-state index is 13.6. The first-order valence-electron chi connectivity index (χ1n) is 7.62. The second-order valence-electron chi connectivity index (χ2n) is 5.65. The zero-order valence-electron chi connectivity index (χ0n) is 12.5. The molecule has 0 spiro atoms. The van der Waals surface area contributed by atoms with E-state index in [9.17, 15) is 9.18 Å². The Morgan fingerprint density at radius 2 is 2.09 bits per heavy atom. The Hall–Kier alpha value is -2.69. The molecule has 2 aromatic carbocycles. The van der Waals surface area contributed by atoms with Gasteiger partial charge < -0.3 is 4.74 Å². The second-order valence-corrected chi connectivity index (χ2v) is 5.65. The molecular weight excluding hydrogens is 295 g/mol. The number of aryl methyl sites for hydroxylation is 1. The summed E-state index contributed by atoms with van der Waals surface area (Å²) in [7, 11) is 0. The number of aromatic nitrogens is 2. The van der Waals surface area contributed by atoms with Crippen molar-refractivity contribution < 1.29 is 9.13 Å². The molecule has 3 aromatic rings. The molecule has 0 saturated carbocycles. The van der Waals surface area contributed by atoms with Crippen molar-refractivity contribution in [1.29, 1.82) is 0 Å². The minimum Gasteiger partial charge on any atom is -0.489 e. The van der Waals surface area contributed by atoms with Crippen LogP contribution < -0.4 is 10.3 Å². The van der Waals surface area contributed by atoms with Crippen LogP contribution in [0.1, 0.15) is 17.8 Å². The Balaban J connectivity index is 1.67. The lowest BCUT2D eigenvalue weighted by atomic mass is 10.2. The maximum Gasteiger partial charge on any atom is 0.261 e. The summed E-state index contributed by atoms with van der Waals surface area (Å²) in [6.45, 7) is 0.843. The van der Waals surface area contributed by atoms with Crippen molar-refractivity contribution in [3.8, 4) is 5.75 Å². The average Bonchev–Trinajstić information content (AvgIpc) is 3.03. The van der Waals surface area contributed by atoms with Crippen molar-refractivity contribution in [2.75, 3.05) is 0 Å². The van der Waals surface area contributed by atoms with E-state index in [0.29, 0.717) is 22.2 Å². The molecule has 4 nitrogen and oxygen atoms in total. The lowest BCUT2D eigenvalue weighted by Crippen LogP contribution is -2.20. The van der Waals surface area contributed by atoms with E-state index in [2.05, 4.69) is 4.98 Å². The molecule has 0 fully saturated rings. The highest BCUT2D eigenvalue weighted by Crippen LogP contribution is 2.21. The molecule has 0 atom stereocenters. The summed E-state index contributed by atoms with van der Waals surface area (Å²) >= 11 is 0. The first-order chi connectivity index (χ1) is 11.2. The van der Waals surface area contributed by atoms with Crippen LogP contribution in [0.15, 0.2) is 47.3 Å². The Morgan fingerprint density at radius 1 is 1.22 bits per heavy atom. The molecule has 0 amide bonds. The van der Waals surface area contributed by atoms with E-state index in [1.54, 1.807) is 41.0 Å². The van der Waals surface area contributed by atoms with Gasteiger partial charge in [0.25, 0.3) is 5.56 Å². The number of nitrogens with zero attached hydrogens (tertiary/aromatic N) is 2. The van der Waals surface area contributed by atoms with Crippen molar-refractivity contribution in [3.05, 3.63) is 70.0 Å². The molecule has 1 aromatic heterocycles. The topological polar surface area (TPSA) is 44.1 Å². The summed E-state index contributed by atoms with van der Waals surface area (Å²) < 4.78 is 21.0. The molecule has 0 aliphatic carbocycles. The van der Waals surface area contributed by atoms with Crippen LogP contribution in [0.5, 0.6) is 5.75 Å². The number of rotatable bonds is 3. The van der Waals surface area contributed by atoms with Gasteiger partial charge in [0.15, 0.2) is 0 Å². The highest BCUT2D eigenvalue weighted by atomic mass is 19.1. The molecule has 23 heavy (non-hydrogen) atoms. The molecule has 2 heterocycles. The van der Waals surface area contributed by atoms with Crippen LogP contribution in [0.2, 0.25) is 0 Å². The summed E-state index contributed by atoms with van der Waals surface area (Å²) in [5.74, 6) is 1.09. The summed E-state index contributed by atoms with van der Waals surface area (Å²) in [4.78, 5) is 17.0. The molecule has 4 rings (SSSR count). The number of hydrogen-bond donors (Lipinski definition) is 0. The number of halogens is 1. The summed E-state index contributed by atoms with van der Waals surface area (Å²) in [6, 6.07) is 11.7. The number of fused-ring (bicyclic) bond motifs is 2. The van der Waals surface area contributed by atoms with Crippen LogP contribution in [0, 0.1) is 5.82 Å². The Labute approximate surface area is 132 Å². The Bertz CT molecular complexity index is 949. The number of ether oxygens (including phenoxy) is 1. The van der Waals surface area contributed by atoms with Crippen molar-refractivity contribution in [2.45, 2.75) is 26.0 Å². The smallest absolute Gasteiger partial charge is 0.261 e. The van der Waals surface area contributed by atoms with E-state index in [4.69, 9.17) is 4.74 Å². The molecule has 0 radical (unpaired) electrons. The highest BCUT2D eigenvalue weighted by molar-refractivity contribution is 5.79. The molecule has 1 aliphatic rings. The fraction of sp³-hybridized carbons (Fsp3) is 0.222. The van der Waals surface area contributed by atoms with E-state index < -0.39 is 0 Å². The molecule has 0 unspecified atom stereocenters. The quantitative estimate of drug-likeness (QED) is 0.747. The van der Waals surface area contributed by atoms with Gasteiger partial charge in [-0.1, -0.05) is 18.2 Å². The van der Waals surface area contributed by atoms with Gasteiger partial charge in [0.2, 0.25) is 0 Å². The zero-order valence-corrected chi connectivity index (χ0v) is 12.5. The van der Waals surface area contributed by atoms with E-state index in [1.807, 2.05) is 0 Å². The fourth-order valence-corrected chi connectivity index (χ4v) is 2.93. The SMILES string of the molecule is O=c1c2cc(OCc3ccccc3F)ccc2nc2n1CCC2. The Kier molecular flexibility index (Phi) is 3.33. The lowest BCUT2D eigenvalue weighted by molar-refractivity contribution is 0.300. The van der Waals surface area contributed by atoms with Crippen LogP contribution in [-0.2, 0) is 19.6 Å². The van der Waals surface area contributed by atoms with Gasteiger partial charge in [-0.15, -0.1) is 0 Å². The van der Waals surface area contributed by atoms with Crippen molar-refractivity contribution in [3.63, 3.8) is 0 Å². The minimum atomic E-state index is -0.298. The largest absolute Gasteiger partial charge is 0.489 e. The molecule has 1 aliphatic heterocycles. The van der Waals surface area contributed by atoms with Crippen molar-refractivity contribution in [1.82, 2.24) is 9.55 Å². The highest BCUT2D eigenvalue weighted by Gasteiger charge is 2.16. The normalized spacial score (nSPS) is 13.3. The summed E-state index contributed by atoms with van der Waals surface area (Å²) in [6.07, 6.45) is 1.80. The van der Waals surface area contributed by atoms with E-state index >= 15 is 0 Å². The number of hydrogen-bond acceptors (Lipinski definition) is 3. The van der Waals surface area contributed by atoms with Crippen molar-refractivity contribution >= 4 is 10.9 Å².